The van der Waals surface area contributed by atoms with Crippen LogP contribution in [0.1, 0.15) is 25.1 Å². The predicted octanol–water partition coefficient (Wildman–Crippen LogP) is 3.87. The molecule has 19 heavy (non-hydrogen) atoms. The summed E-state index contributed by atoms with van der Waals surface area (Å²) in [6, 6.07) is 2.07. The topological polar surface area (TPSA) is 48.4 Å². The average molecular weight is 297 g/mol. The lowest BCUT2D eigenvalue weighted by atomic mass is 10.2. The maximum absolute atomic E-state index is 12.4. The molecule has 0 bridgehead atoms. The summed E-state index contributed by atoms with van der Waals surface area (Å²) in [5.74, 6) is 0. The Morgan fingerprint density at radius 1 is 1.21 bits per heavy atom. The van der Waals surface area contributed by atoms with E-state index in [9.17, 15) is 17.7 Å². The van der Waals surface area contributed by atoms with Gasteiger partial charge in [-0.15, -0.1) is 0 Å². The fraction of sp³-hybridized carbons (Fsp3) is 0.545. The van der Waals surface area contributed by atoms with Crippen LogP contribution >= 0.6 is 7.60 Å². The van der Waals surface area contributed by atoms with E-state index in [0.717, 1.165) is 6.07 Å². The van der Waals surface area contributed by atoms with Crippen LogP contribution < -0.4 is 0 Å². The molecular formula is C11H15F3NO3P. The lowest BCUT2D eigenvalue weighted by Crippen LogP contribution is -2.06. The van der Waals surface area contributed by atoms with Crippen molar-refractivity contribution < 1.29 is 26.8 Å². The van der Waals surface area contributed by atoms with E-state index in [4.69, 9.17) is 9.05 Å². The molecule has 8 heteroatoms. The first-order chi connectivity index (χ1) is 8.80. The Hall–Kier alpha value is -0.910. The smallest absolute Gasteiger partial charge is 0.309 e. The molecule has 0 aliphatic carbocycles. The highest BCUT2D eigenvalue weighted by Crippen LogP contribution is 2.50. The van der Waals surface area contributed by atoms with Gasteiger partial charge in [-0.2, -0.15) is 13.2 Å². The number of halogens is 3. The van der Waals surface area contributed by atoms with E-state index >= 15 is 0 Å². The van der Waals surface area contributed by atoms with E-state index in [-0.39, 0.29) is 25.1 Å². The molecule has 0 unspecified atom stereocenters. The largest absolute Gasteiger partial charge is 0.417 e. The van der Waals surface area contributed by atoms with E-state index in [1.54, 1.807) is 13.8 Å². The maximum atomic E-state index is 12.4. The Kier molecular flexibility index (Phi) is 5.52. The molecule has 0 spiro atoms. The van der Waals surface area contributed by atoms with Crippen LogP contribution in [0.3, 0.4) is 0 Å². The Morgan fingerprint density at radius 2 is 1.79 bits per heavy atom. The first-order valence-electron chi connectivity index (χ1n) is 5.71. The second kappa shape index (κ2) is 6.50. The molecule has 1 heterocycles. The molecule has 0 aliphatic heterocycles. The Labute approximate surface area is 109 Å². The molecule has 0 saturated carbocycles. The van der Waals surface area contributed by atoms with Gasteiger partial charge in [0.25, 0.3) is 0 Å². The Morgan fingerprint density at radius 3 is 2.16 bits per heavy atom. The summed E-state index contributed by atoms with van der Waals surface area (Å²) in [5.41, 5.74) is -0.614. The third-order valence-electron chi connectivity index (χ3n) is 2.16. The van der Waals surface area contributed by atoms with E-state index in [1.165, 1.54) is 6.07 Å². The van der Waals surface area contributed by atoms with Crippen LogP contribution in [0, 0.1) is 0 Å². The number of rotatable bonds is 6. The van der Waals surface area contributed by atoms with Gasteiger partial charge >= 0.3 is 13.8 Å². The van der Waals surface area contributed by atoms with Gasteiger partial charge in [0, 0.05) is 6.20 Å². The summed E-state index contributed by atoms with van der Waals surface area (Å²) in [6.07, 6.45) is -3.88. The highest BCUT2D eigenvalue weighted by Gasteiger charge is 2.31. The number of nitrogens with zero attached hydrogens (tertiary/aromatic N) is 1. The van der Waals surface area contributed by atoms with Gasteiger partial charge in [0.05, 0.1) is 30.6 Å². The fourth-order valence-corrected chi connectivity index (χ4v) is 3.03. The summed E-state index contributed by atoms with van der Waals surface area (Å²) in [6.45, 7) is 3.70. The molecule has 0 fully saturated rings. The summed E-state index contributed by atoms with van der Waals surface area (Å²) >= 11 is 0. The van der Waals surface area contributed by atoms with Crippen molar-refractivity contribution in [3.8, 4) is 0 Å². The Bertz CT molecular complexity index is 437. The molecular weight excluding hydrogens is 282 g/mol. The predicted molar refractivity (Wildman–Crippen MR) is 63.8 cm³/mol. The van der Waals surface area contributed by atoms with Crippen LogP contribution in [0.4, 0.5) is 13.2 Å². The van der Waals surface area contributed by atoms with Gasteiger partial charge in [-0.1, -0.05) is 0 Å². The lowest BCUT2D eigenvalue weighted by Gasteiger charge is -2.16. The molecule has 0 atom stereocenters. The van der Waals surface area contributed by atoms with Gasteiger partial charge in [0.15, 0.2) is 0 Å². The van der Waals surface area contributed by atoms with E-state index in [0.29, 0.717) is 6.20 Å². The van der Waals surface area contributed by atoms with Crippen molar-refractivity contribution in [1.29, 1.82) is 0 Å². The minimum Gasteiger partial charge on any atom is -0.309 e. The number of pyridine rings is 1. The normalized spacial score (nSPS) is 12.7. The van der Waals surface area contributed by atoms with Crippen molar-refractivity contribution in [2.45, 2.75) is 26.2 Å². The zero-order valence-corrected chi connectivity index (χ0v) is 11.5. The van der Waals surface area contributed by atoms with Crippen molar-refractivity contribution >= 4 is 7.60 Å². The zero-order valence-electron chi connectivity index (χ0n) is 10.6. The van der Waals surface area contributed by atoms with Crippen LogP contribution in [-0.4, -0.2) is 18.2 Å². The van der Waals surface area contributed by atoms with Gasteiger partial charge in [-0.25, -0.2) is 0 Å². The number of aromatic nitrogens is 1. The van der Waals surface area contributed by atoms with Crippen molar-refractivity contribution in [1.82, 2.24) is 4.98 Å². The third kappa shape index (κ3) is 4.93. The molecule has 4 nitrogen and oxygen atoms in total. The quantitative estimate of drug-likeness (QED) is 0.748. The summed E-state index contributed by atoms with van der Waals surface area (Å²) in [5, 5.41) is 0. The second-order valence-electron chi connectivity index (χ2n) is 3.64. The SMILES string of the molecule is CCOP(=O)(Cc1ccc(C(F)(F)F)cn1)OCC. The summed E-state index contributed by atoms with van der Waals surface area (Å²) in [4.78, 5) is 3.64. The molecule has 1 aromatic rings. The summed E-state index contributed by atoms with van der Waals surface area (Å²) < 4.78 is 59.3. The van der Waals surface area contributed by atoms with Crippen LogP contribution in [-0.2, 0) is 26.0 Å². The molecule has 0 N–H and O–H groups in total. The number of alkyl halides is 3. The average Bonchev–Trinajstić information content (AvgIpc) is 2.28. The maximum Gasteiger partial charge on any atom is 0.417 e. The molecule has 108 valence electrons. The Balaban J connectivity index is 2.84. The van der Waals surface area contributed by atoms with E-state index in [1.807, 2.05) is 0 Å². The first-order valence-corrected chi connectivity index (χ1v) is 7.44. The van der Waals surface area contributed by atoms with Crippen LogP contribution in [0.2, 0.25) is 0 Å². The third-order valence-corrected chi connectivity index (χ3v) is 4.17. The van der Waals surface area contributed by atoms with Crippen molar-refractivity contribution in [3.63, 3.8) is 0 Å². The fourth-order valence-electron chi connectivity index (χ4n) is 1.41. The molecule has 0 aliphatic rings. The van der Waals surface area contributed by atoms with Gasteiger partial charge < -0.3 is 9.05 Å². The molecule has 0 saturated heterocycles. The molecule has 0 aromatic carbocycles. The minimum absolute atomic E-state index is 0.146. The van der Waals surface area contributed by atoms with Gasteiger partial charge in [0.1, 0.15) is 0 Å². The van der Waals surface area contributed by atoms with Crippen LogP contribution in [0.15, 0.2) is 18.3 Å². The first kappa shape index (κ1) is 16.1. The molecule has 0 amide bonds. The van der Waals surface area contributed by atoms with E-state index in [2.05, 4.69) is 4.98 Å². The number of hydrogen-bond donors (Lipinski definition) is 0. The van der Waals surface area contributed by atoms with Crippen LogP contribution in [0.25, 0.3) is 0 Å². The summed E-state index contributed by atoms with van der Waals surface area (Å²) in [7, 11) is -3.34. The van der Waals surface area contributed by atoms with Gasteiger partial charge in [-0.05, 0) is 26.0 Å². The lowest BCUT2D eigenvalue weighted by molar-refractivity contribution is -0.137. The minimum atomic E-state index is -4.44. The van der Waals surface area contributed by atoms with Crippen molar-refractivity contribution in [2.24, 2.45) is 0 Å². The number of hydrogen-bond acceptors (Lipinski definition) is 4. The van der Waals surface area contributed by atoms with Gasteiger partial charge in [-0.3, -0.25) is 9.55 Å². The molecule has 1 rings (SSSR count). The monoisotopic (exact) mass is 297 g/mol. The molecule has 1 aromatic heterocycles. The highest BCUT2D eigenvalue weighted by atomic mass is 31.2. The van der Waals surface area contributed by atoms with Gasteiger partial charge in [0.2, 0.25) is 0 Å². The van der Waals surface area contributed by atoms with Crippen molar-refractivity contribution in [2.75, 3.05) is 13.2 Å². The zero-order chi connectivity index (χ0) is 14.5. The second-order valence-corrected chi connectivity index (χ2v) is 5.69. The standard InChI is InChI=1S/C11H15F3NO3P/c1-3-17-19(16,18-4-2)8-10-6-5-9(7-15-10)11(12,13)14/h5-7H,3-4,8H2,1-2H3. The van der Waals surface area contributed by atoms with Crippen LogP contribution in [0.5, 0.6) is 0 Å². The highest BCUT2D eigenvalue weighted by molar-refractivity contribution is 7.53. The molecule has 0 radical (unpaired) electrons. The van der Waals surface area contributed by atoms with E-state index < -0.39 is 19.3 Å². The van der Waals surface area contributed by atoms with Crippen molar-refractivity contribution in [3.05, 3.63) is 29.6 Å².